The van der Waals surface area contributed by atoms with Crippen molar-refractivity contribution in [1.29, 1.82) is 0 Å². The van der Waals surface area contributed by atoms with Crippen LogP contribution in [0.25, 0.3) is 17.3 Å². The number of nitrogens with zero attached hydrogens (tertiary/aromatic N) is 2. The highest BCUT2D eigenvalue weighted by molar-refractivity contribution is 5.66. The van der Waals surface area contributed by atoms with Gasteiger partial charge in [0, 0.05) is 12.8 Å². The van der Waals surface area contributed by atoms with Crippen LogP contribution in [0, 0.1) is 0 Å². The summed E-state index contributed by atoms with van der Waals surface area (Å²) in [6.45, 7) is 1.97. The number of carbonyl (C=O) groups is 1. The van der Waals surface area contributed by atoms with Gasteiger partial charge >= 0.3 is 0 Å². The van der Waals surface area contributed by atoms with Gasteiger partial charge in [-0.25, -0.2) is 9.97 Å². The van der Waals surface area contributed by atoms with Crippen LogP contribution in [0.2, 0.25) is 0 Å². The Morgan fingerprint density at radius 2 is 2.00 bits per heavy atom. The number of rotatable bonds is 11. The first kappa shape index (κ1) is 19.6. The minimum atomic E-state index is 0.580. The van der Waals surface area contributed by atoms with Gasteiger partial charge in [0.1, 0.15) is 12.1 Å². The number of aldehydes is 1. The second kappa shape index (κ2) is 11.0. The van der Waals surface area contributed by atoms with E-state index in [1.165, 1.54) is 0 Å². The van der Waals surface area contributed by atoms with E-state index >= 15 is 0 Å². The molecule has 0 aliphatic heterocycles. The SMILES string of the molecule is C/C=C\C=C/c1ccc(-c2cnc(CCCCCCC=O)[nH]2)c(OC)n1. The van der Waals surface area contributed by atoms with E-state index in [1.807, 2.05) is 49.6 Å². The topological polar surface area (TPSA) is 67.9 Å². The third-order valence-corrected chi connectivity index (χ3v) is 4.05. The van der Waals surface area contributed by atoms with E-state index in [0.29, 0.717) is 12.3 Å². The molecule has 0 aromatic carbocycles. The normalized spacial score (nSPS) is 11.5. The number of nitrogens with one attached hydrogen (secondary N) is 1. The molecule has 0 saturated heterocycles. The maximum absolute atomic E-state index is 10.3. The fourth-order valence-corrected chi connectivity index (χ4v) is 2.67. The molecule has 2 rings (SSSR count). The van der Waals surface area contributed by atoms with Crippen molar-refractivity contribution in [2.24, 2.45) is 0 Å². The number of methoxy groups -OCH3 is 1. The minimum absolute atomic E-state index is 0.580. The van der Waals surface area contributed by atoms with Crippen LogP contribution in [0.4, 0.5) is 0 Å². The van der Waals surface area contributed by atoms with Crippen molar-refractivity contribution in [3.8, 4) is 17.1 Å². The van der Waals surface area contributed by atoms with E-state index in [4.69, 9.17) is 4.74 Å². The van der Waals surface area contributed by atoms with Gasteiger partial charge in [0.05, 0.1) is 30.3 Å². The molecule has 0 spiro atoms. The zero-order valence-corrected chi connectivity index (χ0v) is 15.6. The molecule has 138 valence electrons. The lowest BCUT2D eigenvalue weighted by Gasteiger charge is -2.06. The lowest BCUT2D eigenvalue weighted by molar-refractivity contribution is -0.107. The molecule has 0 atom stereocenters. The maximum Gasteiger partial charge on any atom is 0.223 e. The van der Waals surface area contributed by atoms with Crippen LogP contribution in [0.15, 0.2) is 36.6 Å². The van der Waals surface area contributed by atoms with Gasteiger partial charge in [-0.15, -0.1) is 0 Å². The smallest absolute Gasteiger partial charge is 0.223 e. The highest BCUT2D eigenvalue weighted by Gasteiger charge is 2.11. The van der Waals surface area contributed by atoms with E-state index < -0.39 is 0 Å². The zero-order valence-electron chi connectivity index (χ0n) is 15.6. The van der Waals surface area contributed by atoms with E-state index in [9.17, 15) is 4.79 Å². The number of allylic oxidation sites excluding steroid dienone is 3. The first-order valence-electron chi connectivity index (χ1n) is 9.10. The number of aryl methyl sites for hydroxylation is 1. The Bertz CT molecular complexity index is 747. The summed E-state index contributed by atoms with van der Waals surface area (Å²) in [5, 5.41) is 0. The van der Waals surface area contributed by atoms with Crippen LogP contribution >= 0.6 is 0 Å². The summed E-state index contributed by atoms with van der Waals surface area (Å²) in [5.41, 5.74) is 2.66. The van der Waals surface area contributed by atoms with Crippen molar-refractivity contribution >= 4 is 12.4 Å². The Morgan fingerprint density at radius 3 is 2.77 bits per heavy atom. The molecule has 0 fully saturated rings. The average molecular weight is 353 g/mol. The number of aromatic nitrogens is 3. The van der Waals surface area contributed by atoms with Crippen molar-refractivity contribution in [2.45, 2.75) is 45.4 Å². The van der Waals surface area contributed by atoms with Gasteiger partial charge in [-0.05, 0) is 38.0 Å². The summed E-state index contributed by atoms with van der Waals surface area (Å²) < 4.78 is 5.45. The minimum Gasteiger partial charge on any atom is -0.480 e. The number of H-pyrrole nitrogens is 1. The molecule has 2 aromatic rings. The van der Waals surface area contributed by atoms with Gasteiger partial charge in [-0.3, -0.25) is 0 Å². The van der Waals surface area contributed by atoms with Gasteiger partial charge < -0.3 is 14.5 Å². The fraction of sp³-hybridized carbons (Fsp3) is 0.381. The van der Waals surface area contributed by atoms with Gasteiger partial charge in [-0.2, -0.15) is 0 Å². The molecule has 0 radical (unpaired) electrons. The van der Waals surface area contributed by atoms with Crippen molar-refractivity contribution in [3.05, 3.63) is 48.1 Å². The van der Waals surface area contributed by atoms with Crippen LogP contribution < -0.4 is 4.74 Å². The number of ether oxygens (including phenoxy) is 1. The molecule has 0 aliphatic carbocycles. The maximum atomic E-state index is 10.3. The highest BCUT2D eigenvalue weighted by Crippen LogP contribution is 2.27. The van der Waals surface area contributed by atoms with E-state index in [1.54, 1.807) is 7.11 Å². The zero-order chi connectivity index (χ0) is 18.6. The molecule has 0 amide bonds. The second-order valence-electron chi connectivity index (χ2n) is 6.04. The number of carbonyl (C=O) groups excluding carboxylic acids is 1. The quantitative estimate of drug-likeness (QED) is 0.359. The molecule has 0 saturated carbocycles. The summed E-state index contributed by atoms with van der Waals surface area (Å²) in [7, 11) is 1.63. The molecular formula is C21H27N3O2. The summed E-state index contributed by atoms with van der Waals surface area (Å²) in [6.07, 6.45) is 16.4. The molecule has 5 nitrogen and oxygen atoms in total. The van der Waals surface area contributed by atoms with Gasteiger partial charge in [-0.1, -0.05) is 31.1 Å². The molecule has 0 unspecified atom stereocenters. The van der Waals surface area contributed by atoms with E-state index in [0.717, 1.165) is 61.2 Å². The molecular weight excluding hydrogens is 326 g/mol. The summed E-state index contributed by atoms with van der Waals surface area (Å²) in [6, 6.07) is 3.96. The van der Waals surface area contributed by atoms with Gasteiger partial charge in [0.25, 0.3) is 0 Å². The molecule has 2 heterocycles. The molecule has 1 N–H and O–H groups in total. The molecule has 26 heavy (non-hydrogen) atoms. The molecule has 5 heteroatoms. The van der Waals surface area contributed by atoms with Crippen LogP contribution in [-0.2, 0) is 11.2 Å². The number of aromatic amines is 1. The van der Waals surface area contributed by atoms with Crippen LogP contribution in [-0.4, -0.2) is 28.3 Å². The Hall–Kier alpha value is -2.69. The van der Waals surface area contributed by atoms with Crippen molar-refractivity contribution in [3.63, 3.8) is 0 Å². The van der Waals surface area contributed by atoms with Gasteiger partial charge in [0.2, 0.25) is 5.88 Å². The average Bonchev–Trinajstić information content (AvgIpc) is 3.13. The van der Waals surface area contributed by atoms with Crippen molar-refractivity contribution < 1.29 is 9.53 Å². The third-order valence-electron chi connectivity index (χ3n) is 4.05. The Balaban J connectivity index is 2.00. The van der Waals surface area contributed by atoms with Crippen molar-refractivity contribution in [2.75, 3.05) is 7.11 Å². The predicted octanol–water partition coefficient (Wildman–Crippen LogP) is 4.76. The lowest BCUT2D eigenvalue weighted by atomic mass is 10.1. The lowest BCUT2D eigenvalue weighted by Crippen LogP contribution is -1.94. The standard InChI is InChI=1S/C21H27N3O2/c1-3-4-8-11-17-13-14-18(21(23-17)26-2)19-16-22-20(24-19)12-9-6-5-7-10-15-25/h3-4,8,11,13-16H,5-7,9-10,12H2,1-2H3,(H,22,24)/b4-3-,11-8-. The Morgan fingerprint density at radius 1 is 1.15 bits per heavy atom. The summed E-state index contributed by atoms with van der Waals surface area (Å²) in [4.78, 5) is 22.7. The highest BCUT2D eigenvalue weighted by atomic mass is 16.5. The summed E-state index contributed by atoms with van der Waals surface area (Å²) >= 11 is 0. The Kier molecular flexibility index (Phi) is 8.33. The molecule has 0 bridgehead atoms. The predicted molar refractivity (Wildman–Crippen MR) is 105 cm³/mol. The number of hydrogen-bond donors (Lipinski definition) is 1. The van der Waals surface area contributed by atoms with E-state index in [2.05, 4.69) is 15.0 Å². The molecule has 2 aromatic heterocycles. The van der Waals surface area contributed by atoms with E-state index in [-0.39, 0.29) is 0 Å². The summed E-state index contributed by atoms with van der Waals surface area (Å²) in [5.74, 6) is 1.55. The van der Waals surface area contributed by atoms with Crippen LogP contribution in [0.1, 0.15) is 50.5 Å². The third kappa shape index (κ3) is 5.99. The first-order chi connectivity index (χ1) is 12.8. The second-order valence-corrected chi connectivity index (χ2v) is 6.04. The number of unbranched alkanes of at least 4 members (excludes halogenated alkanes) is 4. The number of imidazole rings is 1. The largest absolute Gasteiger partial charge is 0.480 e. The fourth-order valence-electron chi connectivity index (χ4n) is 2.67. The first-order valence-corrected chi connectivity index (χ1v) is 9.10. The Labute approximate surface area is 155 Å². The molecule has 0 aliphatic rings. The van der Waals surface area contributed by atoms with Gasteiger partial charge in [0.15, 0.2) is 0 Å². The van der Waals surface area contributed by atoms with Crippen LogP contribution in [0.3, 0.4) is 0 Å². The van der Waals surface area contributed by atoms with Crippen LogP contribution in [0.5, 0.6) is 5.88 Å². The monoisotopic (exact) mass is 353 g/mol. The van der Waals surface area contributed by atoms with Crippen molar-refractivity contribution in [1.82, 2.24) is 15.0 Å². The number of hydrogen-bond acceptors (Lipinski definition) is 4. The number of pyridine rings is 1.